The van der Waals surface area contributed by atoms with Crippen molar-refractivity contribution in [1.29, 1.82) is 0 Å². The first kappa shape index (κ1) is 23.1. The molecule has 5 rings (SSSR count). The lowest BCUT2D eigenvalue weighted by Crippen LogP contribution is -2.30. The molecule has 10 heteroatoms. The largest absolute Gasteiger partial charge is 0.457 e. The molecule has 0 amide bonds. The fourth-order valence-corrected chi connectivity index (χ4v) is 3.82. The van der Waals surface area contributed by atoms with Crippen LogP contribution in [-0.4, -0.2) is 27.9 Å². The molecule has 2 aromatic carbocycles. The van der Waals surface area contributed by atoms with Crippen molar-refractivity contribution in [3.05, 3.63) is 99.7 Å². The molecule has 7 nitrogen and oxygen atoms in total. The van der Waals surface area contributed by atoms with Crippen LogP contribution in [0.4, 0.5) is 19.0 Å². The third kappa shape index (κ3) is 4.28. The van der Waals surface area contributed by atoms with Crippen molar-refractivity contribution < 1.29 is 22.7 Å². The van der Waals surface area contributed by atoms with Crippen LogP contribution in [-0.2, 0) is 11.3 Å². The fraction of sp³-hybridized carbons (Fsp3) is 0.115. The number of nitrogens with two attached hydrogens (primary N) is 1. The van der Waals surface area contributed by atoms with E-state index in [0.717, 1.165) is 28.8 Å². The first-order valence-corrected chi connectivity index (χ1v) is 10.8. The van der Waals surface area contributed by atoms with Crippen molar-refractivity contribution in [3.63, 3.8) is 0 Å². The van der Waals surface area contributed by atoms with Gasteiger partial charge in [0, 0.05) is 23.2 Å². The number of halogens is 3. The van der Waals surface area contributed by atoms with Crippen molar-refractivity contribution in [1.82, 2.24) is 9.38 Å². The van der Waals surface area contributed by atoms with Gasteiger partial charge in [-0.2, -0.15) is 0 Å². The molecule has 1 atom stereocenters. The number of rotatable bonds is 5. The van der Waals surface area contributed by atoms with E-state index in [4.69, 9.17) is 10.5 Å². The summed E-state index contributed by atoms with van der Waals surface area (Å²) in [6, 6.07) is 14.8. The molecule has 3 heterocycles. The van der Waals surface area contributed by atoms with Crippen LogP contribution in [0, 0.1) is 29.4 Å². The maximum atomic E-state index is 15.0. The van der Waals surface area contributed by atoms with Crippen molar-refractivity contribution >= 4 is 17.4 Å². The maximum absolute atomic E-state index is 15.0. The minimum atomic E-state index is -0.997. The highest BCUT2D eigenvalue weighted by atomic mass is 19.1. The van der Waals surface area contributed by atoms with Crippen LogP contribution in [0.1, 0.15) is 15.9 Å². The minimum absolute atomic E-state index is 0.0449. The second kappa shape index (κ2) is 9.20. The van der Waals surface area contributed by atoms with E-state index in [-0.39, 0.29) is 35.7 Å². The highest BCUT2D eigenvalue weighted by Gasteiger charge is 2.25. The zero-order chi connectivity index (χ0) is 25.4. The van der Waals surface area contributed by atoms with E-state index in [1.165, 1.54) is 4.90 Å². The molecule has 2 N–H and O–H groups in total. The van der Waals surface area contributed by atoms with Crippen LogP contribution >= 0.6 is 0 Å². The van der Waals surface area contributed by atoms with Crippen LogP contribution in [0.5, 0.6) is 0 Å². The number of hydrogen-bond donors (Lipinski definition) is 1. The Kier molecular flexibility index (Phi) is 5.91. The van der Waals surface area contributed by atoms with Gasteiger partial charge in [-0.25, -0.2) is 22.9 Å². The molecule has 0 fully saturated rings. The van der Waals surface area contributed by atoms with Crippen molar-refractivity contribution in [2.24, 2.45) is 5.73 Å². The number of esters is 1. The van der Waals surface area contributed by atoms with Gasteiger partial charge >= 0.3 is 5.97 Å². The van der Waals surface area contributed by atoms with Crippen LogP contribution < -0.4 is 16.2 Å². The van der Waals surface area contributed by atoms with E-state index in [0.29, 0.717) is 11.6 Å². The van der Waals surface area contributed by atoms with Gasteiger partial charge in [0.15, 0.2) is 11.6 Å². The quantitative estimate of drug-likeness (QED) is 0.341. The summed E-state index contributed by atoms with van der Waals surface area (Å²) in [7, 11) is 0. The predicted molar refractivity (Wildman–Crippen MR) is 125 cm³/mol. The maximum Gasteiger partial charge on any atom is 0.344 e. The zero-order valence-electron chi connectivity index (χ0n) is 18.5. The van der Waals surface area contributed by atoms with Gasteiger partial charge in [-0.15, -0.1) is 0 Å². The van der Waals surface area contributed by atoms with E-state index >= 15 is 4.39 Å². The van der Waals surface area contributed by atoms with E-state index < -0.39 is 40.6 Å². The average molecular weight is 490 g/mol. The van der Waals surface area contributed by atoms with Gasteiger partial charge < -0.3 is 10.5 Å². The minimum Gasteiger partial charge on any atom is -0.457 e. The Morgan fingerprint density at radius 1 is 1.08 bits per heavy atom. The molecule has 0 aliphatic carbocycles. The molecule has 0 bridgehead atoms. The van der Waals surface area contributed by atoms with Gasteiger partial charge in [0.25, 0.3) is 5.56 Å². The van der Waals surface area contributed by atoms with Gasteiger partial charge in [0.2, 0.25) is 0 Å². The van der Waals surface area contributed by atoms with E-state index in [1.54, 1.807) is 30.3 Å². The zero-order valence-corrected chi connectivity index (χ0v) is 18.5. The SMILES string of the molecule is NC1C#CN(c2nc3c(-c4ccc(F)cc4F)cc(C(=O)OCc4ccccc4)c(=O)n3cc2F)C1. The monoisotopic (exact) mass is 490 g/mol. The summed E-state index contributed by atoms with van der Waals surface area (Å²) in [6.45, 7) is 0.00988. The third-order valence-electron chi connectivity index (χ3n) is 5.55. The number of hydrogen-bond acceptors (Lipinski definition) is 6. The molecule has 1 aliphatic rings. The van der Waals surface area contributed by atoms with Gasteiger partial charge in [-0.05, 0) is 23.8 Å². The number of anilines is 1. The lowest BCUT2D eigenvalue weighted by Gasteiger charge is -2.17. The first-order valence-electron chi connectivity index (χ1n) is 10.8. The Labute approximate surface area is 202 Å². The summed E-state index contributed by atoms with van der Waals surface area (Å²) in [5.41, 5.74) is 4.70. The molecule has 2 aromatic heterocycles. The molecule has 4 aromatic rings. The lowest BCUT2D eigenvalue weighted by molar-refractivity contribution is 0.0470. The molecule has 0 spiro atoms. The smallest absolute Gasteiger partial charge is 0.344 e. The van der Waals surface area contributed by atoms with Crippen LogP contribution in [0.15, 0.2) is 65.6 Å². The number of carbonyl (C=O) groups excluding carboxylic acids is 1. The number of ether oxygens (including phenoxy) is 1. The van der Waals surface area contributed by atoms with Gasteiger partial charge in [-0.3, -0.25) is 14.1 Å². The Balaban J connectivity index is 1.67. The number of aromatic nitrogens is 2. The highest BCUT2D eigenvalue weighted by molar-refractivity contribution is 5.93. The second-order valence-corrected chi connectivity index (χ2v) is 8.04. The number of pyridine rings is 1. The van der Waals surface area contributed by atoms with E-state index in [2.05, 4.69) is 16.9 Å². The van der Waals surface area contributed by atoms with Crippen LogP contribution in [0.3, 0.4) is 0 Å². The number of fused-ring (bicyclic) bond motifs is 1. The summed E-state index contributed by atoms with van der Waals surface area (Å²) in [5.74, 6) is -1.23. The third-order valence-corrected chi connectivity index (χ3v) is 5.55. The summed E-state index contributed by atoms with van der Waals surface area (Å²) in [5, 5.41) is 0. The summed E-state index contributed by atoms with van der Waals surface area (Å²) >= 11 is 0. The van der Waals surface area contributed by atoms with Crippen molar-refractivity contribution in [2.45, 2.75) is 12.6 Å². The van der Waals surface area contributed by atoms with Gasteiger partial charge in [0.1, 0.15) is 29.5 Å². The normalized spacial score (nSPS) is 14.6. The fourth-order valence-electron chi connectivity index (χ4n) is 3.82. The number of nitrogens with zero attached hydrogens (tertiary/aromatic N) is 3. The Hall–Kier alpha value is -4.62. The Morgan fingerprint density at radius 3 is 2.56 bits per heavy atom. The molecule has 1 unspecified atom stereocenters. The van der Waals surface area contributed by atoms with Crippen molar-refractivity contribution in [2.75, 3.05) is 11.4 Å². The van der Waals surface area contributed by atoms with Gasteiger partial charge in [-0.1, -0.05) is 36.3 Å². The number of benzene rings is 2. The Morgan fingerprint density at radius 2 is 1.86 bits per heavy atom. The summed E-state index contributed by atoms with van der Waals surface area (Å²) in [4.78, 5) is 31.5. The standard InChI is InChI=1S/C26H17F3N4O3/c27-16-6-7-18(21(28)10-16)19-11-20(26(35)36-14-15-4-2-1-3-5-15)25(34)33-13-22(29)24(31-23(19)33)32-9-8-17(30)12-32/h1-7,10-11,13,17H,12,14,30H2. The topological polar surface area (TPSA) is 89.9 Å². The number of carbonyl (C=O) groups is 1. The molecule has 180 valence electrons. The summed E-state index contributed by atoms with van der Waals surface area (Å²) in [6.07, 6.45) is 0.838. The molecular weight excluding hydrogens is 473 g/mol. The molecule has 0 radical (unpaired) electrons. The van der Waals surface area contributed by atoms with E-state index in [9.17, 15) is 18.4 Å². The van der Waals surface area contributed by atoms with Crippen LogP contribution in [0.2, 0.25) is 0 Å². The lowest BCUT2D eigenvalue weighted by atomic mass is 10.0. The predicted octanol–water partition coefficient (Wildman–Crippen LogP) is 3.24. The molecule has 1 aliphatic heterocycles. The Bertz CT molecular complexity index is 1630. The highest BCUT2D eigenvalue weighted by Crippen LogP contribution is 2.29. The first-order chi connectivity index (χ1) is 17.3. The van der Waals surface area contributed by atoms with E-state index in [1.807, 2.05) is 0 Å². The average Bonchev–Trinajstić information content (AvgIpc) is 3.30. The van der Waals surface area contributed by atoms with Gasteiger partial charge in [0.05, 0.1) is 18.8 Å². The molecular formula is C26H17F3N4O3. The molecule has 0 saturated heterocycles. The van der Waals surface area contributed by atoms with Crippen LogP contribution in [0.25, 0.3) is 16.8 Å². The summed E-state index contributed by atoms with van der Waals surface area (Å²) < 4.78 is 49.5. The second-order valence-electron chi connectivity index (χ2n) is 8.04. The molecule has 0 saturated carbocycles. The molecule has 36 heavy (non-hydrogen) atoms. The van der Waals surface area contributed by atoms with Crippen molar-refractivity contribution in [3.8, 4) is 23.1 Å².